The van der Waals surface area contributed by atoms with Gasteiger partial charge >= 0.3 is 0 Å². The fourth-order valence-electron chi connectivity index (χ4n) is 1.56. The molecule has 16 heavy (non-hydrogen) atoms. The topological polar surface area (TPSA) is 37.4 Å². The second kappa shape index (κ2) is 9.25. The molecule has 3 nitrogen and oxygen atoms in total. The average molecular weight is 270 g/mol. The van der Waals surface area contributed by atoms with E-state index >= 15 is 0 Å². The predicted molar refractivity (Wildman–Crippen MR) is 70.5 cm³/mol. The van der Waals surface area contributed by atoms with E-state index in [2.05, 4.69) is 18.7 Å². The summed E-state index contributed by atoms with van der Waals surface area (Å²) in [6.07, 6.45) is 5.35. The minimum absolute atomic E-state index is 0.0866. The van der Waals surface area contributed by atoms with E-state index in [1.165, 1.54) is 25.7 Å². The second-order valence-corrected chi connectivity index (χ2v) is 7.04. The van der Waals surface area contributed by atoms with Gasteiger partial charge in [-0.3, -0.25) is 0 Å². The van der Waals surface area contributed by atoms with Crippen LogP contribution in [0.4, 0.5) is 0 Å². The molecule has 0 heterocycles. The van der Waals surface area contributed by atoms with Gasteiger partial charge in [-0.25, -0.2) is 8.42 Å². The Bertz CT molecular complexity index is 247. The lowest BCUT2D eigenvalue weighted by Crippen LogP contribution is -2.28. The highest BCUT2D eigenvalue weighted by atomic mass is 35.7. The van der Waals surface area contributed by atoms with Gasteiger partial charge in [0, 0.05) is 10.7 Å². The van der Waals surface area contributed by atoms with Crippen LogP contribution in [-0.2, 0) is 9.05 Å². The van der Waals surface area contributed by atoms with Crippen LogP contribution in [0.1, 0.15) is 46.0 Å². The van der Waals surface area contributed by atoms with Gasteiger partial charge in [0.05, 0.1) is 5.75 Å². The maximum absolute atomic E-state index is 10.8. The molecule has 0 saturated carbocycles. The van der Waals surface area contributed by atoms with Gasteiger partial charge in [-0.05, 0) is 38.9 Å². The van der Waals surface area contributed by atoms with Gasteiger partial charge < -0.3 is 4.90 Å². The first-order chi connectivity index (χ1) is 7.49. The van der Waals surface area contributed by atoms with Gasteiger partial charge in [-0.2, -0.15) is 0 Å². The largest absolute Gasteiger partial charge is 0.303 e. The smallest absolute Gasteiger partial charge is 0.232 e. The predicted octanol–water partition coefficient (Wildman–Crippen LogP) is 2.85. The molecular formula is C11H24ClNO2S. The molecule has 0 saturated heterocycles. The van der Waals surface area contributed by atoms with Crippen molar-refractivity contribution in [2.75, 3.05) is 25.4 Å². The van der Waals surface area contributed by atoms with E-state index in [0.29, 0.717) is 6.42 Å². The first kappa shape index (κ1) is 16.2. The van der Waals surface area contributed by atoms with Crippen molar-refractivity contribution in [2.24, 2.45) is 0 Å². The summed E-state index contributed by atoms with van der Waals surface area (Å²) in [5.74, 6) is 0.0866. The fraction of sp³-hybridized carbons (Fsp3) is 1.00. The maximum atomic E-state index is 10.8. The minimum atomic E-state index is -3.32. The Hall–Kier alpha value is 0.200. The van der Waals surface area contributed by atoms with Crippen molar-refractivity contribution in [3.63, 3.8) is 0 Å². The molecular weight excluding hydrogens is 246 g/mol. The van der Waals surface area contributed by atoms with E-state index in [9.17, 15) is 8.42 Å². The third kappa shape index (κ3) is 10.7. The molecule has 0 fully saturated rings. The zero-order valence-electron chi connectivity index (χ0n) is 10.4. The summed E-state index contributed by atoms with van der Waals surface area (Å²) in [7, 11) is 1.86. The molecule has 0 aliphatic heterocycles. The zero-order chi connectivity index (χ0) is 12.4. The third-order valence-corrected chi connectivity index (χ3v) is 3.76. The Morgan fingerprint density at radius 3 is 1.75 bits per heavy atom. The summed E-state index contributed by atoms with van der Waals surface area (Å²) in [6.45, 7) is 7.31. The van der Waals surface area contributed by atoms with Crippen LogP contribution in [0.3, 0.4) is 0 Å². The molecule has 0 aliphatic carbocycles. The molecule has 0 aliphatic rings. The summed E-state index contributed by atoms with van der Waals surface area (Å²) < 4.78 is 21.6. The van der Waals surface area contributed by atoms with Crippen molar-refractivity contribution in [2.45, 2.75) is 46.0 Å². The van der Waals surface area contributed by atoms with Gasteiger partial charge in [0.15, 0.2) is 0 Å². The van der Waals surface area contributed by atoms with Gasteiger partial charge in [-0.1, -0.05) is 26.7 Å². The molecule has 0 atom stereocenters. The first-order valence-corrected chi connectivity index (χ1v) is 8.62. The lowest BCUT2D eigenvalue weighted by atomic mass is 10.2. The molecule has 98 valence electrons. The molecule has 0 aromatic rings. The van der Waals surface area contributed by atoms with E-state index in [1.54, 1.807) is 0 Å². The molecule has 0 aromatic carbocycles. The lowest BCUT2D eigenvalue weighted by Gasteiger charge is -2.21. The summed E-state index contributed by atoms with van der Waals surface area (Å²) >= 11 is 0. The second-order valence-electron chi connectivity index (χ2n) is 4.15. The van der Waals surface area contributed by atoms with Crippen LogP contribution in [0.5, 0.6) is 0 Å². The zero-order valence-corrected chi connectivity index (χ0v) is 12.0. The van der Waals surface area contributed by atoms with Gasteiger partial charge in [0.2, 0.25) is 9.05 Å². The van der Waals surface area contributed by atoms with Crippen LogP contribution in [-0.4, -0.2) is 38.7 Å². The molecule has 0 spiro atoms. The van der Waals surface area contributed by atoms with Crippen molar-refractivity contribution >= 4 is 19.7 Å². The first-order valence-electron chi connectivity index (χ1n) is 6.14. The Morgan fingerprint density at radius 2 is 1.38 bits per heavy atom. The van der Waals surface area contributed by atoms with Crippen molar-refractivity contribution in [3.05, 3.63) is 0 Å². The molecule has 0 amide bonds. The van der Waals surface area contributed by atoms with Gasteiger partial charge in [0.25, 0.3) is 0 Å². The van der Waals surface area contributed by atoms with Crippen LogP contribution >= 0.6 is 10.7 Å². The van der Waals surface area contributed by atoms with E-state index in [-0.39, 0.29) is 5.75 Å². The quantitative estimate of drug-likeness (QED) is 0.573. The van der Waals surface area contributed by atoms with Crippen molar-refractivity contribution in [3.8, 4) is 0 Å². The highest BCUT2D eigenvalue weighted by molar-refractivity contribution is 8.13. The Morgan fingerprint density at radius 1 is 0.938 bits per heavy atom. The van der Waals surface area contributed by atoms with Crippen molar-refractivity contribution < 1.29 is 8.42 Å². The monoisotopic (exact) mass is 269 g/mol. The standard InChI is InChI=1S/C11H24ClNO2S/c1-3-5-8-13(9-6-4-2)10-7-11-16(12,14)15/h3-11H2,1-2H3. The molecule has 0 rings (SSSR count). The Kier molecular flexibility index (Phi) is 9.37. The summed E-state index contributed by atoms with van der Waals surface area (Å²) in [6, 6.07) is 0. The normalized spacial score (nSPS) is 12.2. The molecule has 5 heteroatoms. The van der Waals surface area contributed by atoms with E-state index < -0.39 is 9.05 Å². The van der Waals surface area contributed by atoms with Crippen LogP contribution in [0.25, 0.3) is 0 Å². The Labute approximate surface area is 105 Å². The minimum Gasteiger partial charge on any atom is -0.303 e. The van der Waals surface area contributed by atoms with Crippen LogP contribution < -0.4 is 0 Å². The summed E-state index contributed by atoms with van der Waals surface area (Å²) in [5.41, 5.74) is 0. The maximum Gasteiger partial charge on any atom is 0.232 e. The van der Waals surface area contributed by atoms with Crippen LogP contribution in [0.2, 0.25) is 0 Å². The molecule has 0 unspecified atom stereocenters. The fourth-order valence-corrected chi connectivity index (χ4v) is 2.36. The van der Waals surface area contributed by atoms with E-state index in [1.807, 2.05) is 0 Å². The highest BCUT2D eigenvalue weighted by Crippen LogP contribution is 2.04. The number of nitrogens with zero attached hydrogens (tertiary/aromatic N) is 1. The van der Waals surface area contributed by atoms with Crippen LogP contribution in [0, 0.1) is 0 Å². The summed E-state index contributed by atoms with van der Waals surface area (Å²) in [5, 5.41) is 0. The van der Waals surface area contributed by atoms with E-state index in [0.717, 1.165) is 19.6 Å². The number of hydrogen-bond donors (Lipinski definition) is 0. The average Bonchev–Trinajstić information content (AvgIpc) is 2.19. The number of halogens is 1. The number of rotatable bonds is 10. The van der Waals surface area contributed by atoms with Crippen LogP contribution in [0.15, 0.2) is 0 Å². The highest BCUT2D eigenvalue weighted by Gasteiger charge is 2.08. The van der Waals surface area contributed by atoms with Crippen molar-refractivity contribution in [1.29, 1.82) is 0 Å². The number of hydrogen-bond acceptors (Lipinski definition) is 3. The lowest BCUT2D eigenvalue weighted by molar-refractivity contribution is 0.266. The van der Waals surface area contributed by atoms with E-state index in [4.69, 9.17) is 10.7 Å². The number of unbranched alkanes of at least 4 members (excludes halogenated alkanes) is 2. The Balaban J connectivity index is 3.81. The molecule has 0 radical (unpaired) electrons. The van der Waals surface area contributed by atoms with Gasteiger partial charge in [0.1, 0.15) is 0 Å². The van der Waals surface area contributed by atoms with Gasteiger partial charge in [-0.15, -0.1) is 0 Å². The SMILES string of the molecule is CCCCN(CCCC)CCCS(=O)(=O)Cl. The molecule has 0 N–H and O–H groups in total. The molecule has 0 bridgehead atoms. The summed E-state index contributed by atoms with van der Waals surface area (Å²) in [4.78, 5) is 2.34. The van der Waals surface area contributed by atoms with Crippen molar-refractivity contribution in [1.82, 2.24) is 4.90 Å². The third-order valence-electron chi connectivity index (χ3n) is 2.52. The molecule has 0 aromatic heterocycles.